The van der Waals surface area contributed by atoms with Gasteiger partial charge in [-0.25, -0.2) is 0 Å². The van der Waals surface area contributed by atoms with Crippen molar-refractivity contribution in [1.29, 1.82) is 0 Å². The van der Waals surface area contributed by atoms with Crippen molar-refractivity contribution < 1.29 is 43.2 Å². The first-order chi connectivity index (χ1) is 14.7. The minimum atomic E-state index is -1.11. The standard InChI is InChI=1S/C20H19NO9S/c1-7(22)28-13-5-11-10-4-12-17(27-6-26-12)16(25)14(10)20(31)21-15(11)19(30-9(3)24)18(13)29-8(2)23/h4-5,13,15,18-19,25H,6H2,1-3H3,(H,21,31)/t13-,15+,18-,19-/m0/s1. The Hall–Kier alpha value is -3.34. The number of carbonyl (C=O) groups excluding carboxylic acids is 3. The number of ether oxygens (including phenoxy) is 5. The number of hydrogen-bond donors (Lipinski definition) is 2. The Morgan fingerprint density at radius 2 is 1.71 bits per heavy atom. The molecule has 31 heavy (non-hydrogen) atoms. The van der Waals surface area contributed by atoms with Crippen molar-refractivity contribution in [3.05, 3.63) is 23.3 Å². The number of benzene rings is 1. The van der Waals surface area contributed by atoms with Gasteiger partial charge in [0.15, 0.2) is 29.8 Å². The summed E-state index contributed by atoms with van der Waals surface area (Å²) in [6, 6.07) is 0.908. The maximum atomic E-state index is 11.9. The topological polar surface area (TPSA) is 130 Å². The molecule has 11 heteroatoms. The predicted octanol–water partition coefficient (Wildman–Crippen LogP) is 0.960. The lowest BCUT2D eigenvalue weighted by atomic mass is 9.79. The largest absolute Gasteiger partial charge is 0.504 e. The average molecular weight is 449 g/mol. The monoisotopic (exact) mass is 449 g/mol. The van der Waals surface area contributed by atoms with Gasteiger partial charge in [-0.3, -0.25) is 14.4 Å². The molecule has 0 amide bonds. The van der Waals surface area contributed by atoms with Crippen LogP contribution in [0.15, 0.2) is 12.1 Å². The molecule has 0 aromatic heterocycles. The molecular formula is C20H19NO9S. The van der Waals surface area contributed by atoms with Crippen molar-refractivity contribution in [1.82, 2.24) is 5.32 Å². The molecule has 164 valence electrons. The number of fused-ring (bicyclic) bond motifs is 4. The van der Waals surface area contributed by atoms with Crippen LogP contribution in [0.1, 0.15) is 31.9 Å². The molecular weight excluding hydrogens is 430 g/mol. The van der Waals surface area contributed by atoms with Gasteiger partial charge in [-0.2, -0.15) is 0 Å². The van der Waals surface area contributed by atoms with Crippen molar-refractivity contribution in [3.63, 3.8) is 0 Å². The number of phenolic OH excluding ortho intramolecular Hbond substituents is 1. The molecule has 0 radical (unpaired) electrons. The number of nitrogens with one attached hydrogen (secondary N) is 1. The Labute approximate surface area is 182 Å². The van der Waals surface area contributed by atoms with E-state index >= 15 is 0 Å². The fourth-order valence-electron chi connectivity index (χ4n) is 3.99. The Bertz CT molecular complexity index is 1030. The lowest BCUT2D eigenvalue weighted by Crippen LogP contribution is -2.60. The highest BCUT2D eigenvalue weighted by Crippen LogP contribution is 2.49. The second kappa shape index (κ2) is 7.73. The van der Waals surface area contributed by atoms with Crippen LogP contribution >= 0.6 is 12.2 Å². The van der Waals surface area contributed by atoms with E-state index in [1.165, 1.54) is 20.8 Å². The number of thiocarbonyl (C=S) groups is 1. The number of hydrogen-bond acceptors (Lipinski definition) is 10. The van der Waals surface area contributed by atoms with Crippen molar-refractivity contribution in [2.45, 2.75) is 45.1 Å². The molecule has 2 aliphatic heterocycles. The molecule has 4 atom stereocenters. The van der Waals surface area contributed by atoms with E-state index in [4.69, 9.17) is 35.9 Å². The number of aromatic hydroxyl groups is 1. The number of carbonyl (C=O) groups is 3. The summed E-state index contributed by atoms with van der Waals surface area (Å²) in [7, 11) is 0. The summed E-state index contributed by atoms with van der Waals surface area (Å²) < 4.78 is 26.9. The first kappa shape index (κ1) is 20.9. The lowest BCUT2D eigenvalue weighted by molar-refractivity contribution is -0.181. The van der Waals surface area contributed by atoms with E-state index in [0.717, 1.165) is 0 Å². The Morgan fingerprint density at radius 1 is 1.06 bits per heavy atom. The van der Waals surface area contributed by atoms with E-state index in [0.29, 0.717) is 22.4 Å². The Kier molecular flexibility index (Phi) is 5.21. The van der Waals surface area contributed by atoms with Crippen molar-refractivity contribution in [2.24, 2.45) is 0 Å². The lowest BCUT2D eigenvalue weighted by Gasteiger charge is -2.43. The van der Waals surface area contributed by atoms with E-state index in [9.17, 15) is 19.5 Å². The minimum Gasteiger partial charge on any atom is -0.504 e. The summed E-state index contributed by atoms with van der Waals surface area (Å²) in [6.45, 7) is 3.56. The predicted molar refractivity (Wildman–Crippen MR) is 107 cm³/mol. The quantitative estimate of drug-likeness (QED) is 0.389. The molecule has 4 rings (SSSR count). The second-order valence-electron chi connectivity index (χ2n) is 7.18. The van der Waals surface area contributed by atoms with Crippen LogP contribution in [0.5, 0.6) is 17.2 Å². The smallest absolute Gasteiger partial charge is 0.303 e. The zero-order valence-electron chi connectivity index (χ0n) is 16.8. The van der Waals surface area contributed by atoms with Crippen LogP contribution in [0.2, 0.25) is 0 Å². The van der Waals surface area contributed by atoms with Gasteiger partial charge in [0.25, 0.3) is 0 Å². The molecule has 3 aliphatic rings. The van der Waals surface area contributed by atoms with Gasteiger partial charge in [0.2, 0.25) is 12.5 Å². The molecule has 0 bridgehead atoms. The van der Waals surface area contributed by atoms with Crippen molar-refractivity contribution >= 4 is 40.7 Å². The molecule has 10 nitrogen and oxygen atoms in total. The SMILES string of the molecule is CC(=O)O[C@@H]1[C@@H](OC(C)=O)[C@@H]2NC(=S)c3c(cc4c(c3O)OCO4)C2=C[C@@H]1OC(C)=O. The second-order valence-corrected chi connectivity index (χ2v) is 7.59. The first-order valence-corrected chi connectivity index (χ1v) is 9.78. The van der Waals surface area contributed by atoms with E-state index < -0.39 is 42.3 Å². The molecule has 2 heterocycles. The number of phenols is 1. The minimum absolute atomic E-state index is 0.0604. The molecule has 0 saturated carbocycles. The van der Waals surface area contributed by atoms with Gasteiger partial charge < -0.3 is 34.1 Å². The third-order valence-corrected chi connectivity index (χ3v) is 5.35. The third-order valence-electron chi connectivity index (χ3n) is 5.02. The van der Waals surface area contributed by atoms with Crippen LogP contribution in [0.4, 0.5) is 0 Å². The van der Waals surface area contributed by atoms with Crippen LogP contribution in [-0.4, -0.2) is 59.1 Å². The average Bonchev–Trinajstić information content (AvgIpc) is 3.13. The summed E-state index contributed by atoms with van der Waals surface area (Å²) in [6.07, 6.45) is -1.65. The maximum absolute atomic E-state index is 11.9. The molecule has 0 fully saturated rings. The highest BCUT2D eigenvalue weighted by atomic mass is 32.1. The van der Waals surface area contributed by atoms with Crippen LogP contribution in [-0.2, 0) is 28.6 Å². The normalized spacial score (nSPS) is 25.4. The summed E-state index contributed by atoms with van der Waals surface area (Å²) in [5.41, 5.74) is 1.32. The van der Waals surface area contributed by atoms with Gasteiger partial charge in [0.05, 0.1) is 11.6 Å². The van der Waals surface area contributed by atoms with Gasteiger partial charge >= 0.3 is 17.9 Å². The molecule has 1 aromatic rings. The van der Waals surface area contributed by atoms with Crippen LogP contribution in [0, 0.1) is 0 Å². The summed E-state index contributed by atoms with van der Waals surface area (Å²) in [5.74, 6) is -1.60. The van der Waals surface area contributed by atoms with Crippen LogP contribution in [0.3, 0.4) is 0 Å². The van der Waals surface area contributed by atoms with E-state index in [2.05, 4.69) is 5.32 Å². The summed E-state index contributed by atoms with van der Waals surface area (Å²) in [5, 5.41) is 13.7. The molecule has 0 unspecified atom stereocenters. The first-order valence-electron chi connectivity index (χ1n) is 9.37. The number of esters is 3. The zero-order valence-corrected chi connectivity index (χ0v) is 17.6. The summed E-state index contributed by atoms with van der Waals surface area (Å²) >= 11 is 5.45. The van der Waals surface area contributed by atoms with Crippen LogP contribution in [0.25, 0.3) is 5.57 Å². The Morgan fingerprint density at radius 3 is 2.35 bits per heavy atom. The third kappa shape index (κ3) is 3.65. The van der Waals surface area contributed by atoms with Gasteiger partial charge in [0, 0.05) is 20.8 Å². The zero-order chi connectivity index (χ0) is 22.4. The Balaban J connectivity index is 1.90. The van der Waals surface area contributed by atoms with Crippen LogP contribution < -0.4 is 14.8 Å². The van der Waals surface area contributed by atoms with Crippen molar-refractivity contribution in [2.75, 3.05) is 6.79 Å². The van der Waals surface area contributed by atoms with E-state index in [-0.39, 0.29) is 23.3 Å². The van der Waals surface area contributed by atoms with E-state index in [1.807, 2.05) is 0 Å². The summed E-state index contributed by atoms with van der Waals surface area (Å²) in [4.78, 5) is 35.5. The van der Waals surface area contributed by atoms with E-state index in [1.54, 1.807) is 12.1 Å². The highest BCUT2D eigenvalue weighted by Gasteiger charge is 2.49. The molecule has 0 saturated heterocycles. The maximum Gasteiger partial charge on any atom is 0.303 e. The fraction of sp³-hybridized carbons (Fsp3) is 0.400. The van der Waals surface area contributed by atoms with Gasteiger partial charge in [-0.15, -0.1) is 0 Å². The molecule has 1 aromatic carbocycles. The fourth-order valence-corrected chi connectivity index (χ4v) is 4.32. The molecule has 1 aliphatic carbocycles. The molecule has 0 spiro atoms. The van der Waals surface area contributed by atoms with Gasteiger partial charge in [0.1, 0.15) is 4.99 Å². The van der Waals surface area contributed by atoms with Crippen molar-refractivity contribution in [3.8, 4) is 17.2 Å². The molecule has 2 N–H and O–H groups in total. The highest BCUT2D eigenvalue weighted by molar-refractivity contribution is 7.80. The number of rotatable bonds is 3. The van der Waals surface area contributed by atoms with Gasteiger partial charge in [-0.1, -0.05) is 12.2 Å². The van der Waals surface area contributed by atoms with Gasteiger partial charge in [-0.05, 0) is 23.3 Å².